The van der Waals surface area contributed by atoms with E-state index in [0.29, 0.717) is 6.61 Å². The highest BCUT2D eigenvalue weighted by molar-refractivity contribution is 7.15. The second kappa shape index (κ2) is 6.50. The van der Waals surface area contributed by atoms with Crippen LogP contribution in [-0.2, 0) is 22.4 Å². The molecule has 1 unspecified atom stereocenters. The Labute approximate surface area is 152 Å². The van der Waals surface area contributed by atoms with Crippen LogP contribution >= 0.6 is 11.3 Å². The number of pyridine rings is 1. The van der Waals surface area contributed by atoms with Gasteiger partial charge in [0.25, 0.3) is 0 Å². The molecule has 6 heteroatoms. The maximum Gasteiger partial charge on any atom is 0.226 e. The van der Waals surface area contributed by atoms with Crippen LogP contribution in [0.5, 0.6) is 0 Å². The third-order valence-corrected chi connectivity index (χ3v) is 6.70. The largest absolute Gasteiger partial charge is 0.382 e. The van der Waals surface area contributed by atoms with Crippen molar-refractivity contribution in [3.63, 3.8) is 0 Å². The Balaban J connectivity index is 1.49. The lowest BCUT2D eigenvalue weighted by Crippen LogP contribution is -2.46. The Bertz CT molecular complexity index is 770. The van der Waals surface area contributed by atoms with Crippen LogP contribution in [0.25, 0.3) is 10.6 Å². The molecule has 0 aromatic carbocycles. The van der Waals surface area contributed by atoms with Crippen molar-refractivity contribution in [3.05, 3.63) is 35.1 Å². The molecule has 1 saturated carbocycles. The van der Waals surface area contributed by atoms with Crippen LogP contribution in [0, 0.1) is 5.92 Å². The Morgan fingerprint density at radius 3 is 2.84 bits per heavy atom. The van der Waals surface area contributed by atoms with Gasteiger partial charge < -0.3 is 9.64 Å². The highest BCUT2D eigenvalue weighted by Gasteiger charge is 2.49. The molecule has 132 valence electrons. The van der Waals surface area contributed by atoms with Gasteiger partial charge in [-0.1, -0.05) is 0 Å². The standard InChI is InChI=1S/C19H23N3O2S/c1-22(19(7-8-19)12-24-2)18(23)14-3-4-16-15(11-14)21-17(25-16)13-5-9-20-10-6-13/h5-6,9-10,14H,3-4,7-8,11-12H2,1-2H3. The highest BCUT2D eigenvalue weighted by Crippen LogP contribution is 2.43. The lowest BCUT2D eigenvalue weighted by atomic mass is 9.89. The molecule has 0 aliphatic heterocycles. The summed E-state index contributed by atoms with van der Waals surface area (Å²) in [5.74, 6) is 0.290. The maximum absolute atomic E-state index is 13.0. The van der Waals surface area contributed by atoms with Gasteiger partial charge in [0, 0.05) is 49.3 Å². The molecule has 2 aromatic heterocycles. The SMILES string of the molecule is COCC1(N(C)C(=O)C2CCc3sc(-c4ccncc4)nc3C2)CC1. The fourth-order valence-corrected chi connectivity index (χ4v) is 4.81. The number of nitrogens with zero attached hydrogens (tertiary/aromatic N) is 3. The van der Waals surface area contributed by atoms with Crippen LogP contribution in [0.15, 0.2) is 24.5 Å². The van der Waals surface area contributed by atoms with Gasteiger partial charge in [0.15, 0.2) is 0 Å². The topological polar surface area (TPSA) is 55.3 Å². The summed E-state index contributed by atoms with van der Waals surface area (Å²) in [5, 5.41) is 1.03. The monoisotopic (exact) mass is 357 g/mol. The first-order chi connectivity index (χ1) is 12.1. The molecule has 1 atom stereocenters. The molecule has 4 rings (SSSR count). The van der Waals surface area contributed by atoms with Crippen LogP contribution < -0.4 is 0 Å². The fourth-order valence-electron chi connectivity index (χ4n) is 3.70. The number of ether oxygens (including phenoxy) is 1. The predicted octanol–water partition coefficient (Wildman–Crippen LogP) is 2.95. The molecule has 1 amide bonds. The minimum atomic E-state index is -0.0591. The van der Waals surface area contributed by atoms with Crippen molar-refractivity contribution in [1.29, 1.82) is 0 Å². The van der Waals surface area contributed by atoms with Gasteiger partial charge in [-0.3, -0.25) is 9.78 Å². The third kappa shape index (κ3) is 3.09. The summed E-state index contributed by atoms with van der Waals surface area (Å²) in [4.78, 5) is 25.2. The molecular formula is C19H23N3O2S. The normalized spacial score (nSPS) is 20.8. The summed E-state index contributed by atoms with van der Waals surface area (Å²) in [7, 11) is 3.65. The van der Waals surface area contributed by atoms with E-state index in [1.165, 1.54) is 4.88 Å². The van der Waals surface area contributed by atoms with Gasteiger partial charge in [-0.15, -0.1) is 11.3 Å². The average molecular weight is 357 g/mol. The minimum Gasteiger partial charge on any atom is -0.382 e. The minimum absolute atomic E-state index is 0.0409. The van der Waals surface area contributed by atoms with Gasteiger partial charge in [0.05, 0.1) is 17.8 Å². The van der Waals surface area contributed by atoms with E-state index in [1.54, 1.807) is 30.8 Å². The summed E-state index contributed by atoms with van der Waals surface area (Å²) in [6.07, 6.45) is 8.29. The number of methoxy groups -OCH3 is 1. The quantitative estimate of drug-likeness (QED) is 0.826. The van der Waals surface area contributed by atoms with Crippen molar-refractivity contribution in [2.45, 2.75) is 37.6 Å². The van der Waals surface area contributed by atoms with Gasteiger partial charge in [-0.25, -0.2) is 4.98 Å². The van der Waals surface area contributed by atoms with Crippen molar-refractivity contribution in [2.75, 3.05) is 20.8 Å². The number of fused-ring (bicyclic) bond motifs is 1. The van der Waals surface area contributed by atoms with Gasteiger partial charge in [-0.05, 0) is 37.8 Å². The molecule has 2 aromatic rings. The van der Waals surface area contributed by atoms with Gasteiger partial charge in [-0.2, -0.15) is 0 Å². The van der Waals surface area contributed by atoms with Crippen LogP contribution in [0.2, 0.25) is 0 Å². The molecule has 0 spiro atoms. The molecule has 0 bridgehead atoms. The first kappa shape index (κ1) is 16.7. The number of aromatic nitrogens is 2. The zero-order valence-electron chi connectivity index (χ0n) is 14.7. The molecule has 0 radical (unpaired) electrons. The molecule has 0 N–H and O–H groups in total. The number of likely N-dealkylation sites (N-methyl/N-ethyl adjacent to an activating group) is 1. The third-order valence-electron chi connectivity index (χ3n) is 5.50. The number of rotatable bonds is 5. The number of hydrogen-bond acceptors (Lipinski definition) is 5. The van der Waals surface area contributed by atoms with Gasteiger partial charge in [0.2, 0.25) is 5.91 Å². The smallest absolute Gasteiger partial charge is 0.226 e. The first-order valence-corrected chi connectivity index (χ1v) is 9.60. The van der Waals surface area contributed by atoms with Crippen LogP contribution in [-0.4, -0.2) is 47.1 Å². The predicted molar refractivity (Wildman–Crippen MR) is 97.5 cm³/mol. The lowest BCUT2D eigenvalue weighted by Gasteiger charge is -2.32. The highest BCUT2D eigenvalue weighted by atomic mass is 32.1. The van der Waals surface area contributed by atoms with Crippen molar-refractivity contribution >= 4 is 17.2 Å². The number of hydrogen-bond donors (Lipinski definition) is 0. The van der Waals surface area contributed by atoms with E-state index in [-0.39, 0.29) is 17.4 Å². The molecule has 5 nitrogen and oxygen atoms in total. The number of carbonyl (C=O) groups is 1. The summed E-state index contributed by atoms with van der Waals surface area (Å²) >= 11 is 1.75. The Morgan fingerprint density at radius 1 is 1.40 bits per heavy atom. The summed E-state index contributed by atoms with van der Waals surface area (Å²) < 4.78 is 5.33. The molecule has 2 heterocycles. The summed E-state index contributed by atoms with van der Waals surface area (Å²) in [6.45, 7) is 0.635. The van der Waals surface area contributed by atoms with Gasteiger partial charge >= 0.3 is 0 Å². The molecule has 1 fully saturated rings. The van der Waals surface area contributed by atoms with Crippen molar-refractivity contribution in [3.8, 4) is 10.6 Å². The molecule has 2 aliphatic carbocycles. The molecule has 25 heavy (non-hydrogen) atoms. The molecule has 0 saturated heterocycles. The van der Waals surface area contributed by atoms with E-state index in [9.17, 15) is 4.79 Å². The fraction of sp³-hybridized carbons (Fsp3) is 0.526. The van der Waals surface area contributed by atoms with E-state index in [4.69, 9.17) is 9.72 Å². The molecule has 2 aliphatic rings. The average Bonchev–Trinajstić information content (AvgIpc) is 3.30. The zero-order chi connectivity index (χ0) is 17.4. The van der Waals surface area contributed by atoms with Crippen molar-refractivity contribution in [2.24, 2.45) is 5.92 Å². The lowest BCUT2D eigenvalue weighted by molar-refractivity contribution is -0.138. The van der Waals surface area contributed by atoms with Crippen LogP contribution in [0.3, 0.4) is 0 Å². The second-order valence-electron chi connectivity index (χ2n) is 7.12. The Hall–Kier alpha value is -1.79. The van der Waals surface area contributed by atoms with Crippen molar-refractivity contribution in [1.82, 2.24) is 14.9 Å². The van der Waals surface area contributed by atoms with Crippen molar-refractivity contribution < 1.29 is 9.53 Å². The Kier molecular flexibility index (Phi) is 4.33. The van der Waals surface area contributed by atoms with Crippen LogP contribution in [0.4, 0.5) is 0 Å². The van der Waals surface area contributed by atoms with E-state index in [2.05, 4.69) is 4.98 Å². The number of aryl methyl sites for hydroxylation is 1. The summed E-state index contributed by atoms with van der Waals surface area (Å²) in [5.41, 5.74) is 2.15. The zero-order valence-corrected chi connectivity index (χ0v) is 15.5. The Morgan fingerprint density at radius 2 is 2.16 bits per heavy atom. The number of thiazole rings is 1. The number of carbonyl (C=O) groups excluding carboxylic acids is 1. The van der Waals surface area contributed by atoms with E-state index in [1.807, 2.05) is 24.1 Å². The summed E-state index contributed by atoms with van der Waals surface area (Å²) in [6, 6.07) is 3.98. The second-order valence-corrected chi connectivity index (χ2v) is 8.20. The van der Waals surface area contributed by atoms with E-state index in [0.717, 1.165) is 48.4 Å². The maximum atomic E-state index is 13.0. The number of amides is 1. The molecular weight excluding hydrogens is 334 g/mol. The first-order valence-electron chi connectivity index (χ1n) is 8.78. The van der Waals surface area contributed by atoms with Gasteiger partial charge in [0.1, 0.15) is 5.01 Å². The van der Waals surface area contributed by atoms with Crippen LogP contribution in [0.1, 0.15) is 29.8 Å². The van der Waals surface area contributed by atoms with E-state index < -0.39 is 0 Å². The van der Waals surface area contributed by atoms with E-state index >= 15 is 0 Å².